The first-order valence-electron chi connectivity index (χ1n) is 11.6. The van der Waals surface area contributed by atoms with E-state index in [-0.39, 0.29) is 23.7 Å². The molecule has 32 heavy (non-hydrogen) atoms. The molecule has 8 nitrogen and oxygen atoms in total. The van der Waals surface area contributed by atoms with Gasteiger partial charge in [-0.05, 0) is 44.2 Å². The van der Waals surface area contributed by atoms with Crippen LogP contribution in [0.2, 0.25) is 0 Å². The first-order valence-corrected chi connectivity index (χ1v) is 11.6. The minimum Gasteiger partial charge on any atom is -0.464 e. The molecule has 0 aliphatic carbocycles. The summed E-state index contributed by atoms with van der Waals surface area (Å²) in [6.07, 6.45) is 6.82. The van der Waals surface area contributed by atoms with Gasteiger partial charge in [-0.15, -0.1) is 5.10 Å². The zero-order valence-corrected chi connectivity index (χ0v) is 19.3. The van der Waals surface area contributed by atoms with Gasteiger partial charge >= 0.3 is 5.97 Å². The summed E-state index contributed by atoms with van der Waals surface area (Å²) in [5.74, 6) is -0.285. The van der Waals surface area contributed by atoms with Crippen molar-refractivity contribution in [3.8, 4) is 0 Å². The number of aryl methyl sites for hydroxylation is 2. The second kappa shape index (κ2) is 9.81. The van der Waals surface area contributed by atoms with Crippen LogP contribution in [0.5, 0.6) is 0 Å². The van der Waals surface area contributed by atoms with Gasteiger partial charge in [0.2, 0.25) is 5.91 Å². The number of esters is 1. The van der Waals surface area contributed by atoms with E-state index in [1.165, 1.54) is 36.6 Å². The molecule has 2 fully saturated rings. The molecule has 0 unspecified atom stereocenters. The third-order valence-electron chi connectivity index (χ3n) is 6.74. The highest BCUT2D eigenvalue weighted by Gasteiger charge is 2.40. The second-order valence-electron chi connectivity index (χ2n) is 9.08. The second-order valence-corrected chi connectivity index (χ2v) is 9.08. The molecule has 1 amide bonds. The van der Waals surface area contributed by atoms with Crippen molar-refractivity contribution >= 4 is 11.9 Å². The lowest BCUT2D eigenvalue weighted by Crippen LogP contribution is -2.45. The van der Waals surface area contributed by atoms with Crippen LogP contribution < -0.4 is 0 Å². The van der Waals surface area contributed by atoms with E-state index in [1.54, 1.807) is 10.9 Å². The molecular formula is C24H33N5O3. The summed E-state index contributed by atoms with van der Waals surface area (Å²) < 4.78 is 6.48. The van der Waals surface area contributed by atoms with Crippen LogP contribution >= 0.6 is 0 Å². The average Bonchev–Trinajstić information content (AvgIpc) is 3.35. The summed E-state index contributed by atoms with van der Waals surface area (Å²) in [6, 6.07) is 6.25. The molecule has 2 aromatic rings. The normalized spacial score (nSPS) is 22.0. The lowest BCUT2D eigenvalue weighted by Gasteiger charge is -2.29. The number of carbonyl (C=O) groups excluding carboxylic acids is 2. The highest BCUT2D eigenvalue weighted by atomic mass is 16.5. The molecule has 0 spiro atoms. The zero-order chi connectivity index (χ0) is 22.7. The molecule has 8 heteroatoms. The molecule has 2 saturated heterocycles. The summed E-state index contributed by atoms with van der Waals surface area (Å²) in [6.45, 7) is 7.29. The van der Waals surface area contributed by atoms with Crippen LogP contribution in [0.15, 0.2) is 24.4 Å². The molecule has 2 atom stereocenters. The van der Waals surface area contributed by atoms with Crippen molar-refractivity contribution in [3.05, 3.63) is 46.8 Å². The largest absolute Gasteiger partial charge is 0.464 e. The van der Waals surface area contributed by atoms with Crippen molar-refractivity contribution in [2.45, 2.75) is 64.6 Å². The number of benzene rings is 1. The van der Waals surface area contributed by atoms with E-state index in [9.17, 15) is 9.59 Å². The number of hydrogen-bond donors (Lipinski definition) is 0. The minimum absolute atomic E-state index is 0.0213. The van der Waals surface area contributed by atoms with Gasteiger partial charge < -0.3 is 9.64 Å². The first-order chi connectivity index (χ1) is 15.5. The summed E-state index contributed by atoms with van der Waals surface area (Å²) in [4.78, 5) is 29.8. The first kappa shape index (κ1) is 22.5. The van der Waals surface area contributed by atoms with Crippen molar-refractivity contribution in [2.24, 2.45) is 0 Å². The Morgan fingerprint density at radius 1 is 1.12 bits per heavy atom. The predicted molar refractivity (Wildman–Crippen MR) is 120 cm³/mol. The molecule has 0 radical (unpaired) electrons. The standard InChI is InChI=1S/C24H33N5O3/c1-17-8-9-18(2)19(12-17)14-28-15-20(29-16-21(25-26-29)24(31)32-3)13-22(28)23(30)27-10-6-4-5-7-11-27/h8-9,12,16,20,22H,4-7,10-11,13-15H2,1-3H3/t20-,22+/m1/s1. The summed E-state index contributed by atoms with van der Waals surface area (Å²) in [5, 5.41) is 8.14. The number of likely N-dealkylation sites (tertiary alicyclic amines) is 2. The number of aromatic nitrogens is 3. The summed E-state index contributed by atoms with van der Waals surface area (Å²) in [5.41, 5.74) is 3.88. The fourth-order valence-corrected chi connectivity index (χ4v) is 4.85. The highest BCUT2D eigenvalue weighted by Crippen LogP contribution is 2.31. The molecule has 2 aliphatic rings. The van der Waals surface area contributed by atoms with Gasteiger partial charge in [0.25, 0.3) is 0 Å². The maximum absolute atomic E-state index is 13.6. The van der Waals surface area contributed by atoms with Gasteiger partial charge in [-0.1, -0.05) is 41.8 Å². The monoisotopic (exact) mass is 439 g/mol. The molecule has 3 heterocycles. The maximum atomic E-state index is 13.6. The Kier molecular flexibility index (Phi) is 6.89. The van der Waals surface area contributed by atoms with Crippen molar-refractivity contribution in [2.75, 3.05) is 26.7 Å². The number of rotatable bonds is 5. The molecule has 4 rings (SSSR count). The smallest absolute Gasteiger partial charge is 0.360 e. The van der Waals surface area contributed by atoms with Gasteiger partial charge in [0.05, 0.1) is 25.4 Å². The van der Waals surface area contributed by atoms with E-state index in [2.05, 4.69) is 52.2 Å². The van der Waals surface area contributed by atoms with Crippen LogP contribution in [0.1, 0.15) is 65.3 Å². The van der Waals surface area contributed by atoms with Crippen LogP contribution in [-0.2, 0) is 16.1 Å². The Balaban J connectivity index is 1.58. The van der Waals surface area contributed by atoms with Crippen molar-refractivity contribution < 1.29 is 14.3 Å². The molecular weight excluding hydrogens is 406 g/mol. The van der Waals surface area contributed by atoms with Crippen molar-refractivity contribution in [3.63, 3.8) is 0 Å². The topological polar surface area (TPSA) is 80.6 Å². The molecule has 172 valence electrons. The molecule has 0 bridgehead atoms. The fraction of sp³-hybridized carbons (Fsp3) is 0.583. The number of amides is 1. The van der Waals surface area contributed by atoms with Gasteiger partial charge in [-0.2, -0.15) is 0 Å². The number of nitrogens with zero attached hydrogens (tertiary/aromatic N) is 5. The number of methoxy groups -OCH3 is 1. The molecule has 2 aliphatic heterocycles. The van der Waals surface area contributed by atoms with Crippen LogP contribution in [0.4, 0.5) is 0 Å². The Morgan fingerprint density at radius 3 is 2.59 bits per heavy atom. The third kappa shape index (κ3) is 4.85. The van der Waals surface area contributed by atoms with Gasteiger partial charge in [0, 0.05) is 26.2 Å². The fourth-order valence-electron chi connectivity index (χ4n) is 4.85. The van der Waals surface area contributed by atoms with Gasteiger partial charge in [-0.3, -0.25) is 9.69 Å². The highest BCUT2D eigenvalue weighted by molar-refractivity contribution is 5.86. The quantitative estimate of drug-likeness (QED) is 0.667. The SMILES string of the molecule is COC(=O)c1cn([C@@H]2C[C@@H](C(=O)N3CCCCCC3)N(Cc3cc(C)ccc3C)C2)nn1. The molecule has 0 saturated carbocycles. The molecule has 0 N–H and O–H groups in total. The van der Waals surface area contributed by atoms with E-state index < -0.39 is 5.97 Å². The van der Waals surface area contributed by atoms with Crippen LogP contribution in [0, 0.1) is 13.8 Å². The lowest BCUT2D eigenvalue weighted by atomic mass is 10.0. The molecule has 1 aromatic heterocycles. The van der Waals surface area contributed by atoms with E-state index in [1.807, 2.05) is 0 Å². The Hall–Kier alpha value is -2.74. The summed E-state index contributed by atoms with van der Waals surface area (Å²) in [7, 11) is 1.33. The van der Waals surface area contributed by atoms with Gasteiger partial charge in [0.1, 0.15) is 0 Å². The molecule has 1 aromatic carbocycles. The number of ether oxygens (including phenoxy) is 1. The predicted octanol–water partition coefficient (Wildman–Crippen LogP) is 2.90. The van der Waals surface area contributed by atoms with Crippen LogP contribution in [-0.4, -0.2) is 69.5 Å². The van der Waals surface area contributed by atoms with Crippen molar-refractivity contribution in [1.82, 2.24) is 24.8 Å². The van der Waals surface area contributed by atoms with Crippen LogP contribution in [0.25, 0.3) is 0 Å². The van der Waals surface area contributed by atoms with Gasteiger partial charge in [0.15, 0.2) is 5.69 Å². The number of hydrogen-bond acceptors (Lipinski definition) is 6. The zero-order valence-electron chi connectivity index (χ0n) is 19.3. The minimum atomic E-state index is -0.501. The van der Waals surface area contributed by atoms with E-state index in [4.69, 9.17) is 4.74 Å². The van der Waals surface area contributed by atoms with Crippen LogP contribution in [0.3, 0.4) is 0 Å². The van der Waals surface area contributed by atoms with E-state index in [0.717, 1.165) is 25.9 Å². The Bertz CT molecular complexity index is 964. The maximum Gasteiger partial charge on any atom is 0.360 e. The van der Waals surface area contributed by atoms with Crippen molar-refractivity contribution in [1.29, 1.82) is 0 Å². The van der Waals surface area contributed by atoms with E-state index in [0.29, 0.717) is 19.5 Å². The van der Waals surface area contributed by atoms with Gasteiger partial charge in [-0.25, -0.2) is 9.48 Å². The lowest BCUT2D eigenvalue weighted by molar-refractivity contribution is -0.136. The third-order valence-corrected chi connectivity index (χ3v) is 6.74. The Labute approximate surface area is 189 Å². The number of carbonyl (C=O) groups is 2. The summed E-state index contributed by atoms with van der Waals surface area (Å²) >= 11 is 0. The Morgan fingerprint density at radius 2 is 1.88 bits per heavy atom. The van der Waals surface area contributed by atoms with E-state index >= 15 is 0 Å². The average molecular weight is 440 g/mol.